The molecule has 1 unspecified atom stereocenters. The summed E-state index contributed by atoms with van der Waals surface area (Å²) in [6.07, 6.45) is 3.95. The monoisotopic (exact) mass is 293 g/mol. The maximum atomic E-state index is 6.42. The number of piperidine rings is 1. The molecule has 0 aliphatic carbocycles. The summed E-state index contributed by atoms with van der Waals surface area (Å²) >= 11 is 12.6. The SMILES string of the molecule is Cl.Clc1ccccc1C(Cl)CN1CCCCC1. The molecule has 2 rings (SSSR count). The smallest absolute Gasteiger partial charge is 0.0726 e. The second kappa shape index (κ2) is 7.48. The molecular formula is C13H18Cl3N. The molecule has 0 amide bonds. The lowest BCUT2D eigenvalue weighted by Crippen LogP contribution is -2.32. The minimum Gasteiger partial charge on any atom is -0.302 e. The summed E-state index contributed by atoms with van der Waals surface area (Å²) in [5, 5.41) is 0.784. The van der Waals surface area contributed by atoms with Gasteiger partial charge in [0.2, 0.25) is 0 Å². The summed E-state index contributed by atoms with van der Waals surface area (Å²) < 4.78 is 0. The number of rotatable bonds is 3. The maximum absolute atomic E-state index is 6.42. The fourth-order valence-electron chi connectivity index (χ4n) is 2.20. The van der Waals surface area contributed by atoms with Crippen molar-refractivity contribution in [3.63, 3.8) is 0 Å². The van der Waals surface area contributed by atoms with Gasteiger partial charge in [-0.2, -0.15) is 0 Å². The van der Waals surface area contributed by atoms with E-state index in [4.69, 9.17) is 23.2 Å². The van der Waals surface area contributed by atoms with E-state index in [1.54, 1.807) is 0 Å². The molecule has 0 saturated carbocycles. The zero-order valence-corrected chi connectivity index (χ0v) is 12.1. The molecule has 0 N–H and O–H groups in total. The van der Waals surface area contributed by atoms with Gasteiger partial charge in [-0.15, -0.1) is 24.0 Å². The van der Waals surface area contributed by atoms with Gasteiger partial charge >= 0.3 is 0 Å². The highest BCUT2D eigenvalue weighted by Gasteiger charge is 2.17. The highest BCUT2D eigenvalue weighted by atomic mass is 35.5. The van der Waals surface area contributed by atoms with E-state index >= 15 is 0 Å². The van der Waals surface area contributed by atoms with Crippen LogP contribution in [0, 0.1) is 0 Å². The zero-order valence-electron chi connectivity index (χ0n) is 9.74. The average Bonchev–Trinajstić information content (AvgIpc) is 2.31. The third-order valence-electron chi connectivity index (χ3n) is 3.11. The van der Waals surface area contributed by atoms with Crippen molar-refractivity contribution < 1.29 is 0 Å². The number of hydrogen-bond donors (Lipinski definition) is 0. The summed E-state index contributed by atoms with van der Waals surface area (Å²) in [5.41, 5.74) is 1.05. The van der Waals surface area contributed by atoms with E-state index in [1.165, 1.54) is 32.4 Å². The van der Waals surface area contributed by atoms with Gasteiger partial charge in [-0.05, 0) is 37.6 Å². The second-order valence-corrected chi connectivity index (χ2v) is 5.28. The molecule has 1 saturated heterocycles. The average molecular weight is 295 g/mol. The highest BCUT2D eigenvalue weighted by molar-refractivity contribution is 6.32. The van der Waals surface area contributed by atoms with Crippen LogP contribution in [0.25, 0.3) is 0 Å². The van der Waals surface area contributed by atoms with Gasteiger partial charge in [-0.1, -0.05) is 36.2 Å². The molecular weight excluding hydrogens is 277 g/mol. The van der Waals surface area contributed by atoms with Gasteiger partial charge in [-0.25, -0.2) is 0 Å². The maximum Gasteiger partial charge on any atom is 0.0726 e. The number of halogens is 3. The van der Waals surface area contributed by atoms with E-state index in [2.05, 4.69) is 4.90 Å². The van der Waals surface area contributed by atoms with Crippen molar-refractivity contribution in [2.75, 3.05) is 19.6 Å². The Labute approximate surface area is 119 Å². The number of hydrogen-bond acceptors (Lipinski definition) is 1. The summed E-state index contributed by atoms with van der Waals surface area (Å²) in [4.78, 5) is 2.44. The van der Waals surface area contributed by atoms with Gasteiger partial charge in [0.05, 0.1) is 5.38 Å². The molecule has 96 valence electrons. The van der Waals surface area contributed by atoms with Gasteiger partial charge in [0.15, 0.2) is 0 Å². The summed E-state index contributed by atoms with van der Waals surface area (Å²) in [6, 6.07) is 7.86. The lowest BCUT2D eigenvalue weighted by Gasteiger charge is -2.28. The lowest BCUT2D eigenvalue weighted by atomic mass is 10.1. The highest BCUT2D eigenvalue weighted by Crippen LogP contribution is 2.28. The van der Waals surface area contributed by atoms with Crippen LogP contribution >= 0.6 is 35.6 Å². The van der Waals surface area contributed by atoms with Gasteiger partial charge < -0.3 is 4.90 Å². The van der Waals surface area contributed by atoms with E-state index in [-0.39, 0.29) is 17.8 Å². The molecule has 1 fully saturated rings. The first-order chi connectivity index (χ1) is 7.77. The summed E-state index contributed by atoms with van der Waals surface area (Å²) in [5.74, 6) is 0. The van der Waals surface area contributed by atoms with E-state index in [1.807, 2.05) is 24.3 Å². The topological polar surface area (TPSA) is 3.24 Å². The number of benzene rings is 1. The van der Waals surface area contributed by atoms with Crippen LogP contribution in [0.1, 0.15) is 30.2 Å². The van der Waals surface area contributed by atoms with E-state index < -0.39 is 0 Å². The van der Waals surface area contributed by atoms with Crippen molar-refractivity contribution in [1.82, 2.24) is 4.90 Å². The molecule has 0 radical (unpaired) electrons. The molecule has 1 aliphatic rings. The third-order valence-corrected chi connectivity index (χ3v) is 3.83. The van der Waals surface area contributed by atoms with Crippen LogP contribution in [0.3, 0.4) is 0 Å². The molecule has 1 heterocycles. The predicted molar refractivity (Wildman–Crippen MR) is 77.6 cm³/mol. The Bertz CT molecular complexity index is 337. The van der Waals surface area contributed by atoms with E-state index in [0.717, 1.165) is 17.1 Å². The first-order valence-corrected chi connectivity index (χ1v) is 6.69. The third kappa shape index (κ3) is 4.33. The standard InChI is InChI=1S/C13H17Cl2N.ClH/c14-12-7-3-2-6-11(12)13(15)10-16-8-4-1-5-9-16;/h2-3,6-7,13H,1,4-5,8-10H2;1H. The summed E-state index contributed by atoms with van der Waals surface area (Å²) in [6.45, 7) is 3.26. The Balaban J connectivity index is 0.00000144. The number of alkyl halides is 1. The van der Waals surface area contributed by atoms with Crippen molar-refractivity contribution in [1.29, 1.82) is 0 Å². The Morgan fingerprint density at radius 2 is 1.76 bits per heavy atom. The first-order valence-electron chi connectivity index (χ1n) is 5.88. The zero-order chi connectivity index (χ0) is 11.4. The lowest BCUT2D eigenvalue weighted by molar-refractivity contribution is 0.229. The summed E-state index contributed by atoms with van der Waals surface area (Å²) in [7, 11) is 0. The number of nitrogens with zero attached hydrogens (tertiary/aromatic N) is 1. The largest absolute Gasteiger partial charge is 0.302 e. The molecule has 17 heavy (non-hydrogen) atoms. The molecule has 1 atom stereocenters. The first kappa shape index (κ1) is 15.1. The van der Waals surface area contributed by atoms with E-state index in [9.17, 15) is 0 Å². The number of likely N-dealkylation sites (tertiary alicyclic amines) is 1. The fraction of sp³-hybridized carbons (Fsp3) is 0.538. The van der Waals surface area contributed by atoms with Gasteiger partial charge in [0, 0.05) is 11.6 Å². The fourth-order valence-corrected chi connectivity index (χ4v) is 2.90. The Kier molecular flexibility index (Phi) is 6.65. The van der Waals surface area contributed by atoms with Crippen molar-refractivity contribution in [2.24, 2.45) is 0 Å². The van der Waals surface area contributed by atoms with Gasteiger partial charge in [0.1, 0.15) is 0 Å². The van der Waals surface area contributed by atoms with Crippen LogP contribution in [0.4, 0.5) is 0 Å². The normalized spacial score (nSPS) is 18.5. The van der Waals surface area contributed by atoms with Gasteiger partial charge in [-0.3, -0.25) is 0 Å². The molecule has 0 spiro atoms. The van der Waals surface area contributed by atoms with Crippen molar-refractivity contribution in [2.45, 2.75) is 24.6 Å². The molecule has 0 aromatic heterocycles. The Morgan fingerprint density at radius 1 is 1.12 bits per heavy atom. The molecule has 1 aliphatic heterocycles. The minimum atomic E-state index is 0. The predicted octanol–water partition coefficient (Wildman–Crippen LogP) is 4.53. The van der Waals surface area contributed by atoms with Gasteiger partial charge in [0.25, 0.3) is 0 Å². The molecule has 0 bridgehead atoms. The van der Waals surface area contributed by atoms with Crippen LogP contribution in [0.5, 0.6) is 0 Å². The van der Waals surface area contributed by atoms with Crippen LogP contribution in [-0.4, -0.2) is 24.5 Å². The van der Waals surface area contributed by atoms with Crippen LogP contribution in [-0.2, 0) is 0 Å². The Hall–Kier alpha value is 0.0500. The molecule has 4 heteroatoms. The van der Waals surface area contributed by atoms with Crippen LogP contribution in [0.2, 0.25) is 5.02 Å². The second-order valence-electron chi connectivity index (χ2n) is 4.35. The van der Waals surface area contributed by atoms with Crippen molar-refractivity contribution in [3.8, 4) is 0 Å². The Morgan fingerprint density at radius 3 is 2.41 bits per heavy atom. The van der Waals surface area contributed by atoms with Crippen LogP contribution in [0.15, 0.2) is 24.3 Å². The van der Waals surface area contributed by atoms with Crippen molar-refractivity contribution in [3.05, 3.63) is 34.9 Å². The van der Waals surface area contributed by atoms with Crippen LogP contribution < -0.4 is 0 Å². The quantitative estimate of drug-likeness (QED) is 0.741. The molecule has 1 nitrogen and oxygen atoms in total. The minimum absolute atomic E-state index is 0. The molecule has 1 aromatic rings. The van der Waals surface area contributed by atoms with Crippen molar-refractivity contribution >= 4 is 35.6 Å². The van der Waals surface area contributed by atoms with E-state index in [0.29, 0.717) is 0 Å². The molecule has 1 aromatic carbocycles.